The fraction of sp³-hybridized carbons (Fsp3) is 0.235. The SMILES string of the molecule is C.C.C=C.C=C(C)C(=O)OOC(=O)C(=O)c1ccc(OC)cc1. The molecular formula is C17H24O6. The lowest BCUT2D eigenvalue weighted by molar-refractivity contribution is -0.250. The fourth-order valence-corrected chi connectivity index (χ4v) is 1.04. The Kier molecular flexibility index (Phi) is 14.0. The van der Waals surface area contributed by atoms with Crippen molar-refractivity contribution in [1.82, 2.24) is 0 Å². The molecule has 0 aliphatic heterocycles. The number of carbonyl (C=O) groups is 3. The summed E-state index contributed by atoms with van der Waals surface area (Å²) in [5, 5.41) is 0. The van der Waals surface area contributed by atoms with E-state index in [9.17, 15) is 14.4 Å². The van der Waals surface area contributed by atoms with Crippen LogP contribution in [0.25, 0.3) is 0 Å². The van der Waals surface area contributed by atoms with E-state index in [-0.39, 0.29) is 26.0 Å². The van der Waals surface area contributed by atoms with Gasteiger partial charge in [0.2, 0.25) is 0 Å². The highest BCUT2D eigenvalue weighted by atomic mass is 17.2. The summed E-state index contributed by atoms with van der Waals surface area (Å²) in [5.41, 5.74) is 0.141. The van der Waals surface area contributed by atoms with Gasteiger partial charge >= 0.3 is 11.9 Å². The Morgan fingerprint density at radius 1 is 0.913 bits per heavy atom. The first kappa shape index (κ1) is 25.1. The number of carbonyl (C=O) groups excluding carboxylic acids is 3. The Morgan fingerprint density at radius 3 is 1.74 bits per heavy atom. The van der Waals surface area contributed by atoms with E-state index in [1.165, 1.54) is 38.3 Å². The molecule has 128 valence electrons. The second kappa shape index (κ2) is 12.8. The lowest BCUT2D eigenvalue weighted by Gasteiger charge is -2.03. The van der Waals surface area contributed by atoms with Gasteiger partial charge in [-0.1, -0.05) is 21.4 Å². The second-order valence-electron chi connectivity index (χ2n) is 3.58. The number of hydrogen-bond donors (Lipinski definition) is 0. The van der Waals surface area contributed by atoms with Gasteiger partial charge in [-0.15, -0.1) is 13.2 Å². The van der Waals surface area contributed by atoms with Crippen LogP contribution in [-0.2, 0) is 19.4 Å². The lowest BCUT2D eigenvalue weighted by Crippen LogP contribution is -2.20. The summed E-state index contributed by atoms with van der Waals surface area (Å²) < 4.78 is 4.91. The topological polar surface area (TPSA) is 78.9 Å². The molecule has 0 saturated carbocycles. The van der Waals surface area contributed by atoms with Crippen LogP contribution in [0.5, 0.6) is 5.75 Å². The number of Topliss-reactive ketones (excluding diaryl/α,β-unsaturated/α-hetero) is 1. The van der Waals surface area contributed by atoms with E-state index in [1.54, 1.807) is 0 Å². The van der Waals surface area contributed by atoms with Crippen LogP contribution in [-0.4, -0.2) is 24.8 Å². The first-order chi connectivity index (χ1) is 9.95. The van der Waals surface area contributed by atoms with Crippen molar-refractivity contribution in [3.05, 3.63) is 55.1 Å². The Labute approximate surface area is 137 Å². The molecule has 1 aromatic carbocycles. The summed E-state index contributed by atoms with van der Waals surface area (Å²) in [6.07, 6.45) is 0. The van der Waals surface area contributed by atoms with Crippen molar-refractivity contribution in [3.63, 3.8) is 0 Å². The van der Waals surface area contributed by atoms with Crippen LogP contribution in [0.2, 0.25) is 0 Å². The monoisotopic (exact) mass is 324 g/mol. The molecule has 0 aliphatic rings. The van der Waals surface area contributed by atoms with Gasteiger partial charge < -0.3 is 4.74 Å². The molecule has 0 spiro atoms. The minimum Gasteiger partial charge on any atom is -0.497 e. The van der Waals surface area contributed by atoms with E-state index < -0.39 is 17.7 Å². The molecule has 6 heteroatoms. The van der Waals surface area contributed by atoms with Crippen LogP contribution in [0.4, 0.5) is 0 Å². The maximum Gasteiger partial charge on any atom is 0.426 e. The molecule has 1 aromatic rings. The molecule has 0 saturated heterocycles. The zero-order valence-electron chi connectivity index (χ0n) is 11.9. The van der Waals surface area contributed by atoms with E-state index in [0.717, 1.165) is 0 Å². The minimum atomic E-state index is -1.29. The third-order valence-corrected chi connectivity index (χ3v) is 2.08. The highest BCUT2D eigenvalue weighted by Crippen LogP contribution is 2.12. The van der Waals surface area contributed by atoms with Crippen molar-refractivity contribution >= 4 is 17.7 Å². The standard InChI is InChI=1S/C13H12O6.C2H4.2CH4/c1-8(2)12(15)18-19-13(16)11(14)9-4-6-10(17-3)7-5-9;1-2;;/h4-7H,1H2,2-3H3;1-2H2;2*1H4. The van der Waals surface area contributed by atoms with Crippen molar-refractivity contribution < 1.29 is 28.9 Å². The highest BCUT2D eigenvalue weighted by Gasteiger charge is 2.21. The molecule has 0 aliphatic carbocycles. The molecule has 0 N–H and O–H groups in total. The summed E-state index contributed by atoms with van der Waals surface area (Å²) >= 11 is 0. The number of methoxy groups -OCH3 is 1. The van der Waals surface area contributed by atoms with Gasteiger partial charge in [0.25, 0.3) is 5.78 Å². The molecule has 0 bridgehead atoms. The van der Waals surface area contributed by atoms with Crippen molar-refractivity contribution in [2.24, 2.45) is 0 Å². The molecule has 23 heavy (non-hydrogen) atoms. The molecule has 0 radical (unpaired) electrons. The first-order valence-corrected chi connectivity index (χ1v) is 5.72. The molecule has 0 amide bonds. The van der Waals surface area contributed by atoms with Gasteiger partial charge in [0.15, 0.2) is 0 Å². The van der Waals surface area contributed by atoms with Gasteiger partial charge in [0, 0.05) is 11.1 Å². The molecular weight excluding hydrogens is 300 g/mol. The average Bonchev–Trinajstić information content (AvgIpc) is 2.53. The summed E-state index contributed by atoms with van der Waals surface area (Å²) in [6, 6.07) is 5.81. The van der Waals surface area contributed by atoms with Crippen LogP contribution in [0.3, 0.4) is 0 Å². The predicted octanol–water partition coefficient (Wildman–Crippen LogP) is 3.53. The summed E-state index contributed by atoms with van der Waals surface area (Å²) in [4.78, 5) is 42.1. The van der Waals surface area contributed by atoms with E-state index in [1.807, 2.05) is 0 Å². The van der Waals surface area contributed by atoms with Crippen LogP contribution in [0.15, 0.2) is 49.6 Å². The van der Waals surface area contributed by atoms with Crippen molar-refractivity contribution in [1.29, 1.82) is 0 Å². The molecule has 0 aromatic heterocycles. The van der Waals surface area contributed by atoms with Gasteiger partial charge in [-0.3, -0.25) is 4.79 Å². The smallest absolute Gasteiger partial charge is 0.426 e. The second-order valence-corrected chi connectivity index (χ2v) is 3.58. The molecule has 6 nitrogen and oxygen atoms in total. The van der Waals surface area contributed by atoms with Crippen molar-refractivity contribution in [3.8, 4) is 5.75 Å². The number of hydrogen-bond acceptors (Lipinski definition) is 6. The quantitative estimate of drug-likeness (QED) is 0.210. The van der Waals surface area contributed by atoms with Crippen LogP contribution < -0.4 is 4.74 Å². The lowest BCUT2D eigenvalue weighted by atomic mass is 10.1. The van der Waals surface area contributed by atoms with E-state index in [4.69, 9.17) is 4.74 Å². The minimum absolute atomic E-state index is 0. The van der Waals surface area contributed by atoms with Gasteiger partial charge in [-0.2, -0.15) is 0 Å². The molecule has 1 rings (SSSR count). The Hall–Kier alpha value is -2.89. The molecule has 0 unspecified atom stereocenters. The largest absolute Gasteiger partial charge is 0.497 e. The average molecular weight is 324 g/mol. The zero-order valence-corrected chi connectivity index (χ0v) is 11.9. The summed E-state index contributed by atoms with van der Waals surface area (Å²) in [5.74, 6) is -2.61. The van der Waals surface area contributed by atoms with Crippen molar-refractivity contribution in [2.45, 2.75) is 21.8 Å². The number of benzene rings is 1. The molecule has 0 heterocycles. The first-order valence-electron chi connectivity index (χ1n) is 5.72. The van der Waals surface area contributed by atoms with Gasteiger partial charge in [-0.25, -0.2) is 19.4 Å². The number of ketones is 1. The van der Waals surface area contributed by atoms with Crippen LogP contribution in [0.1, 0.15) is 32.1 Å². The normalized spacial score (nSPS) is 7.91. The van der Waals surface area contributed by atoms with Crippen molar-refractivity contribution in [2.75, 3.05) is 7.11 Å². The van der Waals surface area contributed by atoms with Gasteiger partial charge in [0.1, 0.15) is 5.75 Å². The van der Waals surface area contributed by atoms with Crippen LogP contribution in [0, 0.1) is 0 Å². The van der Waals surface area contributed by atoms with Crippen LogP contribution >= 0.6 is 0 Å². The predicted molar refractivity (Wildman–Crippen MR) is 89.0 cm³/mol. The molecule has 0 atom stereocenters. The van der Waals surface area contributed by atoms with Gasteiger partial charge in [0.05, 0.1) is 7.11 Å². The highest BCUT2D eigenvalue weighted by molar-refractivity contribution is 6.40. The number of rotatable bonds is 4. The Bertz CT molecular complexity index is 531. The third kappa shape index (κ3) is 8.21. The van der Waals surface area contributed by atoms with E-state index >= 15 is 0 Å². The fourth-order valence-electron chi connectivity index (χ4n) is 1.04. The Morgan fingerprint density at radius 2 is 1.35 bits per heavy atom. The zero-order chi connectivity index (χ0) is 16.4. The maximum atomic E-state index is 11.6. The molecule has 0 fully saturated rings. The third-order valence-electron chi connectivity index (χ3n) is 2.08. The number of ether oxygens (including phenoxy) is 1. The Balaban J connectivity index is -0.000000960. The summed E-state index contributed by atoms with van der Waals surface area (Å²) in [7, 11) is 1.47. The van der Waals surface area contributed by atoms with Gasteiger partial charge in [-0.05, 0) is 31.2 Å². The van der Waals surface area contributed by atoms with E-state index in [2.05, 4.69) is 29.5 Å². The summed E-state index contributed by atoms with van der Waals surface area (Å²) in [6.45, 7) is 10.7. The maximum absolute atomic E-state index is 11.6. The van der Waals surface area contributed by atoms with E-state index in [0.29, 0.717) is 5.75 Å².